The Balaban J connectivity index is 1.81. The Hall–Kier alpha value is -0.570. The second kappa shape index (κ2) is 3.78. The summed E-state index contributed by atoms with van der Waals surface area (Å²) >= 11 is 3.44. The van der Waals surface area contributed by atoms with E-state index in [2.05, 4.69) is 37.9 Å². The maximum atomic E-state index is 4.55. The number of halogens is 1. The number of hydrogen-bond acceptors (Lipinski definition) is 2. The third-order valence-corrected chi connectivity index (χ3v) is 4.31. The molecule has 2 aliphatic rings. The van der Waals surface area contributed by atoms with Crippen LogP contribution >= 0.6 is 15.9 Å². The standard InChI is InChI=1S/C12H15BrN2/c13-6-10-2-4-12(14-7-10)15-8-9-1-3-11(15)5-9/h2,4,7,9,11H,1,3,5-6,8H2. The molecule has 1 saturated carbocycles. The smallest absolute Gasteiger partial charge is 0.128 e. The van der Waals surface area contributed by atoms with E-state index in [4.69, 9.17) is 0 Å². The average molecular weight is 267 g/mol. The van der Waals surface area contributed by atoms with Gasteiger partial charge in [-0.1, -0.05) is 22.0 Å². The molecule has 2 fully saturated rings. The largest absolute Gasteiger partial charge is 0.353 e. The minimum absolute atomic E-state index is 0.775. The predicted octanol–water partition coefficient (Wildman–Crippen LogP) is 2.97. The fraction of sp³-hybridized carbons (Fsp3) is 0.583. The Morgan fingerprint density at radius 1 is 1.40 bits per heavy atom. The van der Waals surface area contributed by atoms with Crippen LogP contribution in [-0.4, -0.2) is 17.6 Å². The number of fused-ring (bicyclic) bond motifs is 2. The van der Waals surface area contributed by atoms with Crippen molar-refractivity contribution in [1.82, 2.24) is 4.98 Å². The topological polar surface area (TPSA) is 16.1 Å². The van der Waals surface area contributed by atoms with Crippen molar-refractivity contribution in [3.05, 3.63) is 23.9 Å². The van der Waals surface area contributed by atoms with E-state index in [-0.39, 0.29) is 0 Å². The van der Waals surface area contributed by atoms with Gasteiger partial charge in [0.05, 0.1) is 0 Å². The lowest BCUT2D eigenvalue weighted by Crippen LogP contribution is -2.32. The summed E-state index contributed by atoms with van der Waals surface area (Å²) in [6, 6.07) is 5.11. The van der Waals surface area contributed by atoms with Crippen molar-refractivity contribution >= 4 is 21.7 Å². The van der Waals surface area contributed by atoms with Crippen molar-refractivity contribution in [3.8, 4) is 0 Å². The maximum Gasteiger partial charge on any atom is 0.128 e. The fourth-order valence-corrected chi connectivity index (χ4v) is 3.20. The highest BCUT2D eigenvalue weighted by molar-refractivity contribution is 9.08. The molecular formula is C12H15BrN2. The van der Waals surface area contributed by atoms with E-state index in [9.17, 15) is 0 Å². The number of nitrogens with zero attached hydrogens (tertiary/aromatic N) is 2. The SMILES string of the molecule is BrCc1ccc(N2CC3CCC2C3)nc1. The number of alkyl halides is 1. The molecule has 1 saturated heterocycles. The van der Waals surface area contributed by atoms with Gasteiger partial charge in [-0.15, -0.1) is 0 Å². The molecule has 80 valence electrons. The summed E-state index contributed by atoms with van der Waals surface area (Å²) in [4.78, 5) is 7.04. The zero-order valence-corrected chi connectivity index (χ0v) is 10.3. The van der Waals surface area contributed by atoms with E-state index in [0.29, 0.717) is 0 Å². The van der Waals surface area contributed by atoms with Gasteiger partial charge in [-0.2, -0.15) is 0 Å². The summed E-state index contributed by atoms with van der Waals surface area (Å²) in [7, 11) is 0. The first kappa shape index (κ1) is 9.64. The van der Waals surface area contributed by atoms with Crippen molar-refractivity contribution in [3.63, 3.8) is 0 Å². The molecule has 2 bridgehead atoms. The van der Waals surface area contributed by atoms with Crippen LogP contribution in [0.15, 0.2) is 18.3 Å². The highest BCUT2D eigenvalue weighted by Gasteiger charge is 2.38. The Labute approximate surface area is 98.8 Å². The highest BCUT2D eigenvalue weighted by atomic mass is 79.9. The lowest BCUT2D eigenvalue weighted by Gasteiger charge is -2.28. The van der Waals surface area contributed by atoms with Crippen LogP contribution in [0.3, 0.4) is 0 Å². The lowest BCUT2D eigenvalue weighted by atomic mass is 10.1. The predicted molar refractivity (Wildman–Crippen MR) is 65.3 cm³/mol. The molecule has 1 aromatic heterocycles. The number of hydrogen-bond donors (Lipinski definition) is 0. The fourth-order valence-electron chi connectivity index (χ4n) is 2.87. The van der Waals surface area contributed by atoms with Gasteiger partial charge in [0.15, 0.2) is 0 Å². The van der Waals surface area contributed by atoms with Crippen LogP contribution in [0.2, 0.25) is 0 Å². The molecule has 3 heteroatoms. The Bertz CT molecular complexity index is 349. The zero-order chi connectivity index (χ0) is 10.3. The average Bonchev–Trinajstić information content (AvgIpc) is 2.91. The van der Waals surface area contributed by atoms with Crippen LogP contribution in [0.5, 0.6) is 0 Å². The van der Waals surface area contributed by atoms with Crippen LogP contribution in [0.25, 0.3) is 0 Å². The van der Waals surface area contributed by atoms with Crippen molar-refractivity contribution in [2.24, 2.45) is 5.92 Å². The first-order valence-electron chi connectivity index (χ1n) is 5.64. The Morgan fingerprint density at radius 2 is 2.33 bits per heavy atom. The monoisotopic (exact) mass is 266 g/mol. The molecule has 0 radical (unpaired) electrons. The normalized spacial score (nSPS) is 28.7. The van der Waals surface area contributed by atoms with Crippen LogP contribution < -0.4 is 4.90 Å². The number of piperidine rings is 1. The van der Waals surface area contributed by atoms with Gasteiger partial charge in [0.1, 0.15) is 5.82 Å². The maximum absolute atomic E-state index is 4.55. The van der Waals surface area contributed by atoms with Gasteiger partial charge in [0.2, 0.25) is 0 Å². The number of pyridine rings is 1. The van der Waals surface area contributed by atoms with Gasteiger partial charge >= 0.3 is 0 Å². The molecule has 3 rings (SSSR count). The van der Waals surface area contributed by atoms with Crippen LogP contribution in [0.1, 0.15) is 24.8 Å². The second-order valence-electron chi connectivity index (χ2n) is 4.64. The second-order valence-corrected chi connectivity index (χ2v) is 5.20. The molecule has 0 amide bonds. The van der Waals surface area contributed by atoms with Gasteiger partial charge < -0.3 is 4.90 Å². The first-order valence-corrected chi connectivity index (χ1v) is 6.76. The van der Waals surface area contributed by atoms with Gasteiger partial charge in [0, 0.05) is 24.1 Å². The molecule has 2 nitrogen and oxygen atoms in total. The first-order chi connectivity index (χ1) is 7.36. The third-order valence-electron chi connectivity index (χ3n) is 3.67. The third kappa shape index (κ3) is 1.67. The van der Waals surface area contributed by atoms with Gasteiger partial charge in [0.25, 0.3) is 0 Å². The molecule has 2 unspecified atom stereocenters. The van der Waals surface area contributed by atoms with E-state index in [0.717, 1.165) is 17.3 Å². The summed E-state index contributed by atoms with van der Waals surface area (Å²) < 4.78 is 0. The van der Waals surface area contributed by atoms with Crippen LogP contribution in [0.4, 0.5) is 5.82 Å². The number of rotatable bonds is 2. The Morgan fingerprint density at radius 3 is 2.87 bits per heavy atom. The number of anilines is 1. The van der Waals surface area contributed by atoms with Crippen LogP contribution in [-0.2, 0) is 5.33 Å². The molecular weight excluding hydrogens is 252 g/mol. The van der Waals surface area contributed by atoms with E-state index in [1.54, 1.807) is 0 Å². The summed E-state index contributed by atoms with van der Waals surface area (Å²) in [5.74, 6) is 2.11. The van der Waals surface area contributed by atoms with Gasteiger partial charge in [-0.3, -0.25) is 0 Å². The lowest BCUT2D eigenvalue weighted by molar-refractivity contribution is 0.550. The minimum atomic E-state index is 0.775. The molecule has 2 heterocycles. The van der Waals surface area contributed by atoms with Gasteiger partial charge in [-0.25, -0.2) is 4.98 Å². The van der Waals surface area contributed by atoms with Crippen molar-refractivity contribution in [2.45, 2.75) is 30.6 Å². The summed E-state index contributed by atoms with van der Waals surface area (Å²) in [6.45, 7) is 1.23. The molecule has 1 aliphatic heterocycles. The van der Waals surface area contributed by atoms with E-state index >= 15 is 0 Å². The van der Waals surface area contributed by atoms with Crippen molar-refractivity contribution < 1.29 is 0 Å². The molecule has 0 spiro atoms. The van der Waals surface area contributed by atoms with E-state index in [1.165, 1.54) is 37.2 Å². The molecule has 2 atom stereocenters. The molecule has 0 aromatic carbocycles. The zero-order valence-electron chi connectivity index (χ0n) is 8.69. The quantitative estimate of drug-likeness (QED) is 0.766. The van der Waals surface area contributed by atoms with Gasteiger partial charge in [-0.05, 0) is 36.8 Å². The summed E-state index contributed by atoms with van der Waals surface area (Å²) in [6.07, 6.45) is 6.17. The number of aromatic nitrogens is 1. The molecule has 1 aromatic rings. The Kier molecular flexibility index (Phi) is 2.43. The van der Waals surface area contributed by atoms with Crippen molar-refractivity contribution in [1.29, 1.82) is 0 Å². The highest BCUT2D eigenvalue weighted by Crippen LogP contribution is 2.39. The van der Waals surface area contributed by atoms with Crippen LogP contribution in [0, 0.1) is 5.92 Å². The molecule has 1 aliphatic carbocycles. The van der Waals surface area contributed by atoms with Crippen molar-refractivity contribution in [2.75, 3.05) is 11.4 Å². The van der Waals surface area contributed by atoms with E-state index < -0.39 is 0 Å². The molecule has 15 heavy (non-hydrogen) atoms. The summed E-state index contributed by atoms with van der Waals surface area (Å²) in [5.41, 5.74) is 1.25. The van der Waals surface area contributed by atoms with E-state index in [1.807, 2.05) is 6.20 Å². The minimum Gasteiger partial charge on any atom is -0.353 e. The molecule has 0 N–H and O–H groups in total. The summed E-state index contributed by atoms with van der Waals surface area (Å²) in [5, 5.41) is 0.895.